The monoisotopic (exact) mass is 727 g/mol. The zero-order chi connectivity index (χ0) is 37.2. The van der Waals surface area contributed by atoms with Gasteiger partial charge in [0.1, 0.15) is 5.82 Å². The van der Waals surface area contributed by atoms with Crippen molar-refractivity contribution < 1.29 is 0 Å². The van der Waals surface area contributed by atoms with Crippen molar-refractivity contribution in [2.24, 2.45) is 0 Å². The molecular weight excluding hydrogens is 699 g/mol. The molecule has 0 unspecified atom stereocenters. The Labute approximate surface area is 325 Å². The molecule has 5 aromatic heterocycles. The zero-order valence-corrected chi connectivity index (χ0v) is 30.4. The van der Waals surface area contributed by atoms with Crippen LogP contribution in [0.5, 0.6) is 0 Å². The molecule has 12 aromatic rings. The molecule has 0 radical (unpaired) electrons. The third-order valence-corrected chi connectivity index (χ3v) is 11.7. The van der Waals surface area contributed by atoms with E-state index in [2.05, 4.69) is 117 Å². The van der Waals surface area contributed by atoms with Crippen molar-refractivity contribution in [3.8, 4) is 40.0 Å². The number of anilines is 3. The number of aromatic nitrogens is 6. The van der Waals surface area contributed by atoms with Gasteiger partial charge in [0.15, 0.2) is 17.5 Å². The van der Waals surface area contributed by atoms with Gasteiger partial charge in [-0.1, -0.05) is 109 Å². The minimum Gasteiger partial charge on any atom is -0.306 e. The van der Waals surface area contributed by atoms with Crippen LogP contribution < -0.4 is 4.90 Å². The molecule has 0 spiro atoms. The summed E-state index contributed by atoms with van der Waals surface area (Å²) in [5.41, 5.74) is 12.1. The van der Waals surface area contributed by atoms with Crippen molar-refractivity contribution in [2.75, 3.05) is 4.90 Å². The molecule has 0 saturated heterocycles. The summed E-state index contributed by atoms with van der Waals surface area (Å²) in [7, 11) is 0. The van der Waals surface area contributed by atoms with Crippen LogP contribution in [0.15, 0.2) is 176 Å². The summed E-state index contributed by atoms with van der Waals surface area (Å²) < 4.78 is 4.87. The number of nitrogens with zero attached hydrogens (tertiary/aromatic N) is 7. The molecule has 264 valence electrons. The van der Waals surface area contributed by atoms with Crippen molar-refractivity contribution in [2.45, 2.75) is 0 Å². The van der Waals surface area contributed by atoms with Gasteiger partial charge in [0.2, 0.25) is 0 Å². The van der Waals surface area contributed by atoms with Crippen LogP contribution in [0.1, 0.15) is 0 Å². The lowest BCUT2D eigenvalue weighted by Gasteiger charge is -2.31. The second-order valence-corrected chi connectivity index (χ2v) is 14.7. The minimum absolute atomic E-state index is 0.633. The smallest absolute Gasteiger partial charge is 0.164 e. The van der Waals surface area contributed by atoms with Crippen LogP contribution in [-0.2, 0) is 0 Å². The van der Waals surface area contributed by atoms with Gasteiger partial charge in [-0.05, 0) is 66.0 Å². The molecule has 0 N–H and O–H groups in total. The predicted molar refractivity (Wildman–Crippen MR) is 231 cm³/mol. The van der Waals surface area contributed by atoms with E-state index in [1.807, 2.05) is 72.9 Å². The van der Waals surface area contributed by atoms with Crippen molar-refractivity contribution in [1.29, 1.82) is 0 Å². The molecule has 13 rings (SSSR count). The van der Waals surface area contributed by atoms with Gasteiger partial charge in [-0.15, -0.1) is 0 Å². The fourth-order valence-corrected chi connectivity index (χ4v) is 9.31. The van der Waals surface area contributed by atoms with Crippen molar-refractivity contribution in [3.63, 3.8) is 0 Å². The maximum atomic E-state index is 5.00. The molecule has 0 fully saturated rings. The van der Waals surface area contributed by atoms with E-state index in [0.29, 0.717) is 17.5 Å². The fraction of sp³-hybridized carbons (Fsp3) is 0. The maximum Gasteiger partial charge on any atom is 0.164 e. The molecule has 7 aromatic carbocycles. The van der Waals surface area contributed by atoms with Crippen molar-refractivity contribution >= 4 is 77.0 Å². The fourth-order valence-electron chi connectivity index (χ4n) is 9.31. The molecule has 0 aliphatic carbocycles. The van der Waals surface area contributed by atoms with Crippen molar-refractivity contribution in [1.82, 2.24) is 28.9 Å². The summed E-state index contributed by atoms with van der Waals surface area (Å²) >= 11 is 0. The Hall–Kier alpha value is -7.90. The molecule has 7 nitrogen and oxygen atoms in total. The number of pyridine rings is 1. The molecule has 0 bridgehead atoms. The Morgan fingerprint density at radius 1 is 0.368 bits per heavy atom. The average Bonchev–Trinajstić information content (AvgIpc) is 3.76. The van der Waals surface area contributed by atoms with E-state index < -0.39 is 0 Å². The quantitative estimate of drug-likeness (QED) is 0.177. The highest BCUT2D eigenvalue weighted by Crippen LogP contribution is 2.52. The lowest BCUT2D eigenvalue weighted by molar-refractivity contribution is 1.07. The summed E-state index contributed by atoms with van der Waals surface area (Å²) in [5.74, 6) is 2.84. The highest BCUT2D eigenvalue weighted by Gasteiger charge is 2.30. The zero-order valence-electron chi connectivity index (χ0n) is 30.4. The van der Waals surface area contributed by atoms with Crippen LogP contribution in [0.2, 0.25) is 0 Å². The molecule has 7 heteroatoms. The normalized spacial score (nSPS) is 12.5. The third-order valence-electron chi connectivity index (χ3n) is 11.7. The maximum absolute atomic E-state index is 5.00. The third kappa shape index (κ3) is 4.14. The Morgan fingerprint density at radius 2 is 0.912 bits per heavy atom. The molecule has 0 atom stereocenters. The lowest BCUT2D eigenvalue weighted by atomic mass is 10.0. The number of hydrogen-bond acceptors (Lipinski definition) is 5. The standard InChI is InChI=1S/C50H29N7/c1-3-12-30(13-4-1)48-52-49(31-14-5-2-6-15-31)54-50(53-48)32-23-25-33(26-24-32)55-40-20-10-17-35-34-16-9-19-38-43(34)44-39(56(38)42-22-7-8-29-51-42)28-27-37-36-18-11-21-41(55)46(36)57(45(35)40)47(37)44/h1-29H. The highest BCUT2D eigenvalue weighted by atomic mass is 15.2. The first kappa shape index (κ1) is 30.4. The first-order valence-electron chi connectivity index (χ1n) is 19.2. The molecule has 0 amide bonds. The molecule has 0 saturated carbocycles. The highest BCUT2D eigenvalue weighted by molar-refractivity contribution is 6.35. The Morgan fingerprint density at radius 3 is 1.54 bits per heavy atom. The molecular formula is C50H29N7. The summed E-state index contributed by atoms with van der Waals surface area (Å²) in [6, 6.07) is 59.8. The molecule has 57 heavy (non-hydrogen) atoms. The van der Waals surface area contributed by atoms with Gasteiger partial charge in [0.05, 0.1) is 39.0 Å². The number of fused-ring (bicyclic) bond motifs is 2. The predicted octanol–water partition coefficient (Wildman–Crippen LogP) is 12.3. The summed E-state index contributed by atoms with van der Waals surface area (Å²) in [4.78, 5) is 22.2. The van der Waals surface area contributed by atoms with Crippen LogP contribution in [0.4, 0.5) is 17.1 Å². The summed E-state index contributed by atoms with van der Waals surface area (Å²) in [6.07, 6.45) is 1.87. The Bertz CT molecular complexity index is 3500. The largest absolute Gasteiger partial charge is 0.306 e. The number of benzene rings is 7. The second-order valence-electron chi connectivity index (χ2n) is 14.7. The van der Waals surface area contributed by atoms with Crippen molar-refractivity contribution in [3.05, 3.63) is 176 Å². The number of para-hydroxylation sites is 2. The first-order valence-corrected chi connectivity index (χ1v) is 19.2. The molecule has 6 heterocycles. The van der Waals surface area contributed by atoms with Crippen LogP contribution in [0, 0.1) is 0 Å². The van der Waals surface area contributed by atoms with Gasteiger partial charge in [-0.25, -0.2) is 19.9 Å². The van der Waals surface area contributed by atoms with E-state index in [1.54, 1.807) is 0 Å². The van der Waals surface area contributed by atoms with Crippen LogP contribution >= 0.6 is 0 Å². The summed E-state index contributed by atoms with van der Waals surface area (Å²) in [6.45, 7) is 0. The van der Waals surface area contributed by atoms with Crippen LogP contribution in [0.3, 0.4) is 0 Å². The van der Waals surface area contributed by atoms with Gasteiger partial charge >= 0.3 is 0 Å². The Kier molecular flexibility index (Phi) is 6.04. The number of rotatable bonds is 5. The van der Waals surface area contributed by atoms with Gasteiger partial charge in [0, 0.05) is 55.5 Å². The van der Waals surface area contributed by atoms with E-state index in [1.165, 1.54) is 48.9 Å². The van der Waals surface area contributed by atoms with Crippen LogP contribution in [-0.4, -0.2) is 28.9 Å². The SMILES string of the molecule is c1ccc(-c2nc(-c3ccccc3)nc(-c3ccc(N4c5cccc6c7cccc8c7c7c(ccc9c%10cccc4c%10n(c56)c97)n8-c4ccccn4)cc3)n2)cc1. The number of hydrogen-bond donors (Lipinski definition) is 0. The topological polar surface area (TPSA) is 64.1 Å². The van der Waals surface area contributed by atoms with Gasteiger partial charge in [-0.3, -0.25) is 4.57 Å². The Balaban J connectivity index is 1.05. The van der Waals surface area contributed by atoms with E-state index >= 15 is 0 Å². The van der Waals surface area contributed by atoms with E-state index in [0.717, 1.165) is 50.6 Å². The average molecular weight is 728 g/mol. The molecule has 1 aliphatic rings. The van der Waals surface area contributed by atoms with E-state index in [4.69, 9.17) is 19.9 Å². The minimum atomic E-state index is 0.633. The molecule has 1 aliphatic heterocycles. The lowest BCUT2D eigenvalue weighted by Crippen LogP contribution is -2.15. The van der Waals surface area contributed by atoms with Gasteiger partial charge < -0.3 is 9.30 Å². The van der Waals surface area contributed by atoms with E-state index in [-0.39, 0.29) is 0 Å². The van der Waals surface area contributed by atoms with E-state index in [9.17, 15) is 0 Å². The van der Waals surface area contributed by atoms with Crippen LogP contribution in [0.25, 0.3) is 99.9 Å². The summed E-state index contributed by atoms with van der Waals surface area (Å²) in [5, 5.41) is 7.42. The van der Waals surface area contributed by atoms with Gasteiger partial charge in [-0.2, -0.15) is 0 Å². The van der Waals surface area contributed by atoms with Gasteiger partial charge in [0.25, 0.3) is 0 Å². The second kappa shape index (κ2) is 11.3. The first-order chi connectivity index (χ1) is 28.3.